The highest BCUT2D eigenvalue weighted by atomic mass is 16.5. The summed E-state index contributed by atoms with van der Waals surface area (Å²) in [5.74, 6) is 0.795. The van der Waals surface area contributed by atoms with Crippen LogP contribution in [-0.4, -0.2) is 31.6 Å². The fraction of sp³-hybridized carbons (Fsp3) is 0.571. The van der Waals surface area contributed by atoms with E-state index in [1.54, 1.807) is 0 Å². The second-order valence-electron chi connectivity index (χ2n) is 4.40. The maximum Gasteiger partial charge on any atom is 0.142 e. The lowest BCUT2D eigenvalue weighted by Crippen LogP contribution is -2.22. The van der Waals surface area contributed by atoms with Crippen molar-refractivity contribution in [1.82, 2.24) is 4.90 Å². The number of rotatable bonds is 8. The Hall–Kier alpha value is -1.22. The Labute approximate surface area is 105 Å². The first-order valence-corrected chi connectivity index (χ1v) is 6.40. The van der Waals surface area contributed by atoms with Gasteiger partial charge in [0.2, 0.25) is 0 Å². The fourth-order valence-corrected chi connectivity index (χ4v) is 1.67. The fourth-order valence-electron chi connectivity index (χ4n) is 1.67. The summed E-state index contributed by atoms with van der Waals surface area (Å²) in [6, 6.07) is 7.64. The van der Waals surface area contributed by atoms with Gasteiger partial charge in [-0.2, -0.15) is 0 Å². The Kier molecular flexibility index (Phi) is 6.48. The minimum absolute atomic E-state index is 0.715. The van der Waals surface area contributed by atoms with Gasteiger partial charge in [0.05, 0.1) is 12.3 Å². The number of ether oxygens (including phenoxy) is 1. The highest BCUT2D eigenvalue weighted by molar-refractivity contribution is 5.51. The molecule has 0 aliphatic rings. The molecule has 0 aromatic heterocycles. The van der Waals surface area contributed by atoms with Gasteiger partial charge >= 0.3 is 0 Å². The van der Waals surface area contributed by atoms with Crippen molar-refractivity contribution in [2.75, 3.05) is 32.5 Å². The molecule has 2 N–H and O–H groups in total. The number of hydrogen-bond donors (Lipinski definition) is 1. The van der Waals surface area contributed by atoms with Gasteiger partial charge in [-0.15, -0.1) is 0 Å². The van der Waals surface area contributed by atoms with E-state index in [9.17, 15) is 0 Å². The number of benzene rings is 1. The smallest absolute Gasteiger partial charge is 0.142 e. The molecule has 0 saturated heterocycles. The summed E-state index contributed by atoms with van der Waals surface area (Å²) in [6.45, 7) is 5.19. The molecule has 0 aliphatic heterocycles. The first-order valence-electron chi connectivity index (χ1n) is 6.40. The summed E-state index contributed by atoms with van der Waals surface area (Å²) in [5, 5.41) is 0. The topological polar surface area (TPSA) is 38.5 Å². The van der Waals surface area contributed by atoms with Crippen molar-refractivity contribution in [3.8, 4) is 5.75 Å². The number of nitrogens with zero attached hydrogens (tertiary/aromatic N) is 1. The third-order valence-electron chi connectivity index (χ3n) is 2.75. The molecule has 1 rings (SSSR count). The molecule has 0 heterocycles. The lowest BCUT2D eigenvalue weighted by atomic mass is 10.3. The molecule has 0 spiro atoms. The number of hydrogen-bond acceptors (Lipinski definition) is 3. The Balaban J connectivity index is 2.14. The van der Waals surface area contributed by atoms with Gasteiger partial charge in [0.25, 0.3) is 0 Å². The molecule has 17 heavy (non-hydrogen) atoms. The van der Waals surface area contributed by atoms with Crippen LogP contribution < -0.4 is 10.5 Å². The van der Waals surface area contributed by atoms with E-state index in [1.165, 1.54) is 19.4 Å². The SMILES string of the molecule is CCCCN(C)CCCOc1ccccc1N. The average molecular weight is 236 g/mol. The molecule has 0 unspecified atom stereocenters. The van der Waals surface area contributed by atoms with Crippen LogP contribution in [0.15, 0.2) is 24.3 Å². The second-order valence-corrected chi connectivity index (χ2v) is 4.40. The molecule has 0 fully saturated rings. The van der Waals surface area contributed by atoms with E-state index < -0.39 is 0 Å². The summed E-state index contributed by atoms with van der Waals surface area (Å²) in [7, 11) is 2.16. The number of unbranched alkanes of at least 4 members (excludes halogenated alkanes) is 1. The molecule has 96 valence electrons. The largest absolute Gasteiger partial charge is 0.491 e. The van der Waals surface area contributed by atoms with Crippen LogP contribution in [0, 0.1) is 0 Å². The Bertz CT molecular complexity index is 315. The molecule has 0 atom stereocenters. The van der Waals surface area contributed by atoms with Gasteiger partial charge in [-0.1, -0.05) is 25.5 Å². The van der Waals surface area contributed by atoms with Crippen molar-refractivity contribution in [2.24, 2.45) is 0 Å². The highest BCUT2D eigenvalue weighted by Crippen LogP contribution is 2.19. The summed E-state index contributed by atoms with van der Waals surface area (Å²) in [4.78, 5) is 2.35. The van der Waals surface area contributed by atoms with Gasteiger partial charge in [0.1, 0.15) is 5.75 Å². The average Bonchev–Trinajstić information content (AvgIpc) is 2.34. The number of nitrogens with two attached hydrogens (primary N) is 1. The lowest BCUT2D eigenvalue weighted by Gasteiger charge is -2.16. The zero-order valence-electron chi connectivity index (χ0n) is 11.0. The number of nitrogen functional groups attached to an aromatic ring is 1. The third-order valence-corrected chi connectivity index (χ3v) is 2.75. The van der Waals surface area contributed by atoms with Gasteiger partial charge in [0.15, 0.2) is 0 Å². The zero-order valence-corrected chi connectivity index (χ0v) is 11.0. The maximum atomic E-state index is 5.79. The normalized spacial score (nSPS) is 10.8. The van der Waals surface area contributed by atoms with E-state index in [1.807, 2.05) is 24.3 Å². The van der Waals surface area contributed by atoms with Crippen LogP contribution in [0.1, 0.15) is 26.2 Å². The minimum atomic E-state index is 0.715. The molecule has 1 aromatic rings. The molecule has 0 amide bonds. The van der Waals surface area contributed by atoms with Crippen molar-refractivity contribution in [2.45, 2.75) is 26.2 Å². The van der Waals surface area contributed by atoms with E-state index >= 15 is 0 Å². The first-order chi connectivity index (χ1) is 8.24. The first kappa shape index (κ1) is 13.8. The molecule has 0 bridgehead atoms. The predicted molar refractivity (Wildman–Crippen MR) is 73.4 cm³/mol. The highest BCUT2D eigenvalue weighted by Gasteiger charge is 2.00. The van der Waals surface area contributed by atoms with E-state index in [-0.39, 0.29) is 0 Å². The zero-order chi connectivity index (χ0) is 12.5. The van der Waals surface area contributed by atoms with Gasteiger partial charge in [-0.25, -0.2) is 0 Å². The van der Waals surface area contributed by atoms with Crippen molar-refractivity contribution in [3.63, 3.8) is 0 Å². The summed E-state index contributed by atoms with van der Waals surface area (Å²) in [6.07, 6.45) is 3.55. The van der Waals surface area contributed by atoms with Crippen LogP contribution in [0.3, 0.4) is 0 Å². The quantitative estimate of drug-likeness (QED) is 0.557. The van der Waals surface area contributed by atoms with E-state index in [0.29, 0.717) is 5.69 Å². The molecular formula is C14H24N2O. The number of anilines is 1. The van der Waals surface area contributed by atoms with Gasteiger partial charge in [-0.05, 0) is 38.6 Å². The molecule has 0 aliphatic carbocycles. The van der Waals surface area contributed by atoms with Crippen LogP contribution in [0.5, 0.6) is 5.75 Å². The Morgan fingerprint density at radius 2 is 1.88 bits per heavy atom. The van der Waals surface area contributed by atoms with E-state index in [4.69, 9.17) is 10.5 Å². The standard InChI is InChI=1S/C14H24N2O/c1-3-4-10-16(2)11-7-12-17-14-9-6-5-8-13(14)15/h5-6,8-9H,3-4,7,10-12,15H2,1-2H3. The maximum absolute atomic E-state index is 5.79. The van der Waals surface area contributed by atoms with Gasteiger partial charge < -0.3 is 15.4 Å². The Morgan fingerprint density at radius 3 is 2.59 bits per heavy atom. The van der Waals surface area contributed by atoms with Crippen molar-refractivity contribution >= 4 is 5.69 Å². The third kappa shape index (κ3) is 5.59. The molecule has 0 radical (unpaired) electrons. The van der Waals surface area contributed by atoms with Crippen molar-refractivity contribution in [3.05, 3.63) is 24.3 Å². The molecule has 1 aromatic carbocycles. The monoisotopic (exact) mass is 236 g/mol. The summed E-state index contributed by atoms with van der Waals surface area (Å²) >= 11 is 0. The molecule has 3 nitrogen and oxygen atoms in total. The van der Waals surface area contributed by atoms with Crippen LogP contribution in [0.2, 0.25) is 0 Å². The van der Waals surface area contributed by atoms with Crippen LogP contribution in [0.4, 0.5) is 5.69 Å². The summed E-state index contributed by atoms with van der Waals surface area (Å²) < 4.78 is 5.64. The van der Waals surface area contributed by atoms with Crippen molar-refractivity contribution < 1.29 is 4.74 Å². The lowest BCUT2D eigenvalue weighted by molar-refractivity contribution is 0.261. The molecule has 3 heteroatoms. The number of para-hydroxylation sites is 2. The van der Waals surface area contributed by atoms with Crippen molar-refractivity contribution in [1.29, 1.82) is 0 Å². The second kappa shape index (κ2) is 7.96. The van der Waals surface area contributed by atoms with Crippen LogP contribution >= 0.6 is 0 Å². The van der Waals surface area contributed by atoms with E-state index in [2.05, 4.69) is 18.9 Å². The summed E-state index contributed by atoms with van der Waals surface area (Å²) in [5.41, 5.74) is 6.51. The molecular weight excluding hydrogens is 212 g/mol. The Morgan fingerprint density at radius 1 is 1.18 bits per heavy atom. The van der Waals surface area contributed by atoms with Crippen LogP contribution in [0.25, 0.3) is 0 Å². The van der Waals surface area contributed by atoms with Gasteiger partial charge in [-0.3, -0.25) is 0 Å². The molecule has 0 saturated carbocycles. The minimum Gasteiger partial charge on any atom is -0.491 e. The van der Waals surface area contributed by atoms with Crippen LogP contribution in [-0.2, 0) is 0 Å². The van der Waals surface area contributed by atoms with Gasteiger partial charge in [0, 0.05) is 6.54 Å². The van der Waals surface area contributed by atoms with E-state index in [0.717, 1.165) is 25.3 Å². The predicted octanol–water partition coefficient (Wildman–Crippen LogP) is 2.77.